The maximum Gasteiger partial charge on any atom is 0.294 e. The van der Waals surface area contributed by atoms with Gasteiger partial charge in [0, 0.05) is 59.0 Å². The molecule has 5 heterocycles. The molecule has 0 aromatic heterocycles. The van der Waals surface area contributed by atoms with Crippen LogP contribution in [0, 0.1) is 0 Å². The molecule has 5 aliphatic rings. The lowest BCUT2D eigenvalue weighted by molar-refractivity contribution is -0.445. The van der Waals surface area contributed by atoms with E-state index in [1.807, 2.05) is 6.07 Å². The van der Waals surface area contributed by atoms with Gasteiger partial charge in [-0.25, -0.2) is 0 Å². The van der Waals surface area contributed by atoms with Gasteiger partial charge in [-0.2, -0.15) is 13.0 Å². The second kappa shape index (κ2) is 8.24. The van der Waals surface area contributed by atoms with Crippen LogP contribution in [0.4, 0.5) is 11.4 Å². The number of Topliss-reactive ketones (excluding diaryl/α,β-unsaturated/α-hetero) is 1. The molecular formula is C32H35N2O5S+. The summed E-state index contributed by atoms with van der Waals surface area (Å²) in [5.74, 6) is 0.162. The minimum absolute atomic E-state index is 0.0177. The van der Waals surface area contributed by atoms with E-state index in [2.05, 4.69) is 61.4 Å². The van der Waals surface area contributed by atoms with Crippen molar-refractivity contribution in [3.05, 3.63) is 76.0 Å². The van der Waals surface area contributed by atoms with Crippen molar-refractivity contribution >= 4 is 33.0 Å². The number of ketones is 1. The van der Waals surface area contributed by atoms with E-state index in [1.54, 1.807) is 13.0 Å². The Hall–Kier alpha value is -3.07. The number of hydrogen-bond acceptors (Lipinski definition) is 5. The van der Waals surface area contributed by atoms with Crippen molar-refractivity contribution in [3.8, 4) is 0 Å². The van der Waals surface area contributed by atoms with Crippen LogP contribution in [0.5, 0.6) is 0 Å². The van der Waals surface area contributed by atoms with Crippen molar-refractivity contribution in [2.75, 3.05) is 18.0 Å². The van der Waals surface area contributed by atoms with Gasteiger partial charge in [0.25, 0.3) is 10.1 Å². The van der Waals surface area contributed by atoms with Gasteiger partial charge in [0.05, 0.1) is 22.5 Å². The lowest BCUT2D eigenvalue weighted by Crippen LogP contribution is -2.47. The number of anilines is 1. The van der Waals surface area contributed by atoms with E-state index in [-0.39, 0.29) is 28.3 Å². The summed E-state index contributed by atoms with van der Waals surface area (Å²) in [5.41, 5.74) is 9.47. The van der Waals surface area contributed by atoms with Crippen molar-refractivity contribution in [1.82, 2.24) is 0 Å². The Morgan fingerprint density at radius 3 is 2.55 bits per heavy atom. The summed E-state index contributed by atoms with van der Waals surface area (Å²) in [5, 5.41) is 0. The molecule has 7 rings (SSSR count). The van der Waals surface area contributed by atoms with Gasteiger partial charge in [-0.15, -0.1) is 0 Å². The molecule has 7 nitrogen and oxygen atoms in total. The monoisotopic (exact) mass is 559 g/mol. The molecule has 0 bridgehead atoms. The van der Waals surface area contributed by atoms with Crippen LogP contribution in [0.25, 0.3) is 0 Å². The number of carbonyl (C=O) groups is 1. The average molecular weight is 560 g/mol. The molecule has 5 aliphatic heterocycles. The van der Waals surface area contributed by atoms with Crippen molar-refractivity contribution in [1.29, 1.82) is 0 Å². The molecule has 0 saturated heterocycles. The molecule has 208 valence electrons. The summed E-state index contributed by atoms with van der Waals surface area (Å²) in [6.07, 6.45) is 4.57. The largest absolute Gasteiger partial charge is 0.365 e. The number of rotatable bonds is 3. The summed E-state index contributed by atoms with van der Waals surface area (Å²) in [7, 11) is -4.30. The van der Waals surface area contributed by atoms with Gasteiger partial charge < -0.3 is 9.64 Å². The first kappa shape index (κ1) is 25.9. The number of hydrogen-bond donors (Lipinski definition) is 1. The summed E-state index contributed by atoms with van der Waals surface area (Å²) >= 11 is 0. The number of fused-ring (bicyclic) bond motifs is 8. The molecule has 0 amide bonds. The number of allylic oxidation sites excluding steroid dienone is 1. The Bertz CT molecular complexity index is 1730. The Balaban J connectivity index is 1.38. The molecule has 40 heavy (non-hydrogen) atoms. The summed E-state index contributed by atoms with van der Waals surface area (Å²) in [6.45, 7) is 12.1. The molecule has 0 fully saturated rings. The second-order valence-corrected chi connectivity index (χ2v) is 14.3. The molecule has 2 aromatic rings. The quantitative estimate of drug-likeness (QED) is 0.421. The highest BCUT2D eigenvalue weighted by molar-refractivity contribution is 7.85. The number of nitrogens with zero attached hydrogens (tertiary/aromatic N) is 2. The van der Waals surface area contributed by atoms with Gasteiger partial charge in [0.1, 0.15) is 5.78 Å². The molecule has 8 heteroatoms. The molecule has 2 aromatic carbocycles. The van der Waals surface area contributed by atoms with Crippen LogP contribution in [-0.2, 0) is 36.9 Å². The topological polar surface area (TPSA) is 86.9 Å². The average Bonchev–Trinajstić information content (AvgIpc) is 3.26. The van der Waals surface area contributed by atoms with Crippen molar-refractivity contribution in [2.45, 2.75) is 81.8 Å². The van der Waals surface area contributed by atoms with Crippen molar-refractivity contribution in [2.24, 2.45) is 0 Å². The Morgan fingerprint density at radius 2 is 1.82 bits per heavy atom. The Kier molecular flexibility index (Phi) is 5.33. The van der Waals surface area contributed by atoms with E-state index >= 15 is 0 Å². The molecule has 2 unspecified atom stereocenters. The lowest BCUT2D eigenvalue weighted by Gasteiger charge is -2.42. The zero-order valence-corrected chi connectivity index (χ0v) is 24.4. The zero-order valence-electron chi connectivity index (χ0n) is 23.6. The van der Waals surface area contributed by atoms with Crippen molar-refractivity contribution in [3.63, 3.8) is 0 Å². The lowest BCUT2D eigenvalue weighted by atomic mass is 9.74. The predicted octanol–water partition coefficient (Wildman–Crippen LogP) is 4.99. The molecule has 2 atom stereocenters. The van der Waals surface area contributed by atoms with Crippen LogP contribution in [0.15, 0.2) is 64.2 Å². The first-order valence-corrected chi connectivity index (χ1v) is 15.5. The first-order chi connectivity index (χ1) is 18.8. The molecule has 0 saturated carbocycles. The van der Waals surface area contributed by atoms with Crippen LogP contribution < -0.4 is 4.90 Å². The van der Waals surface area contributed by atoms with Gasteiger partial charge in [-0.1, -0.05) is 26.0 Å². The maximum absolute atomic E-state index is 12.0. The van der Waals surface area contributed by atoms with Crippen LogP contribution in [-0.4, -0.2) is 54.3 Å². The van der Waals surface area contributed by atoms with Gasteiger partial charge >= 0.3 is 0 Å². The Morgan fingerprint density at radius 1 is 1.05 bits per heavy atom. The van der Waals surface area contributed by atoms with Gasteiger partial charge in [0.2, 0.25) is 5.69 Å². The van der Waals surface area contributed by atoms with E-state index < -0.39 is 15.5 Å². The number of carbonyl (C=O) groups excluding carboxylic acids is 1. The fraction of sp³-hybridized carbons (Fsp3) is 0.438. The normalized spacial score (nSPS) is 25.4. The van der Waals surface area contributed by atoms with Crippen LogP contribution in [0.2, 0.25) is 0 Å². The first-order valence-electron chi connectivity index (χ1n) is 14.1. The third-order valence-electron chi connectivity index (χ3n) is 9.54. The van der Waals surface area contributed by atoms with E-state index in [4.69, 9.17) is 4.74 Å². The zero-order chi connectivity index (χ0) is 28.4. The van der Waals surface area contributed by atoms with E-state index in [0.717, 1.165) is 54.0 Å². The molecule has 1 N–H and O–H groups in total. The summed E-state index contributed by atoms with van der Waals surface area (Å²) in [4.78, 5) is 14.2. The highest BCUT2D eigenvalue weighted by Gasteiger charge is 2.54. The standard InChI is InChI=1S/C32H34N2O5S/c1-18(35)14-19-6-8-25-23(15-19)31(2,3)29-21-17-22-28(39-27(21)10-12-33(25)29)11-13-34-26-9-7-20(40(36,37)38)16-24(26)32(4,5)30(22)34/h6-9,15-17,27-28H,10-14H2,1-5H3/p+1. The predicted molar refractivity (Wildman–Crippen MR) is 153 cm³/mol. The number of ether oxygens (including phenoxy) is 1. The van der Waals surface area contributed by atoms with Crippen LogP contribution >= 0.6 is 0 Å². The fourth-order valence-electron chi connectivity index (χ4n) is 7.88. The molecular weight excluding hydrogens is 524 g/mol. The molecule has 0 spiro atoms. The highest BCUT2D eigenvalue weighted by atomic mass is 32.2. The van der Waals surface area contributed by atoms with Gasteiger partial charge in [0.15, 0.2) is 12.3 Å². The maximum atomic E-state index is 12.0. The van der Waals surface area contributed by atoms with Crippen molar-refractivity contribution < 1.29 is 27.1 Å². The summed E-state index contributed by atoms with van der Waals surface area (Å²) in [6, 6.07) is 11.4. The van der Waals surface area contributed by atoms with Gasteiger partial charge in [-0.05, 0) is 62.6 Å². The van der Waals surface area contributed by atoms with E-state index in [0.29, 0.717) is 6.42 Å². The highest BCUT2D eigenvalue weighted by Crippen LogP contribution is 2.54. The third kappa shape index (κ3) is 3.52. The van der Waals surface area contributed by atoms with Crippen LogP contribution in [0.3, 0.4) is 0 Å². The van der Waals surface area contributed by atoms with Crippen LogP contribution in [0.1, 0.15) is 64.2 Å². The van der Waals surface area contributed by atoms with E-state index in [9.17, 15) is 17.8 Å². The Labute approximate surface area is 235 Å². The van der Waals surface area contributed by atoms with E-state index in [1.165, 1.54) is 28.6 Å². The molecule has 0 aliphatic carbocycles. The fourth-order valence-corrected chi connectivity index (χ4v) is 8.38. The minimum Gasteiger partial charge on any atom is -0.365 e. The third-order valence-corrected chi connectivity index (χ3v) is 10.4. The summed E-state index contributed by atoms with van der Waals surface area (Å²) < 4.78 is 42.8. The number of benzene rings is 2. The SMILES string of the molecule is CC(=O)Cc1ccc2c(c1)C(C)(C)C1=C3C=C4C5=[N+](CCC4OC3CCN12)c1ccc(S(=O)(=O)O)cc1C5(C)C. The molecule has 0 radical (unpaired) electrons. The van der Waals surface area contributed by atoms with Gasteiger partial charge in [-0.3, -0.25) is 9.35 Å². The second-order valence-electron chi connectivity index (χ2n) is 12.9. The minimum atomic E-state index is -4.30. The smallest absolute Gasteiger partial charge is 0.294 e.